The lowest BCUT2D eigenvalue weighted by atomic mass is 10.1. The maximum absolute atomic E-state index is 6.20. The van der Waals surface area contributed by atoms with E-state index in [0.717, 1.165) is 18.8 Å². The fourth-order valence-electron chi connectivity index (χ4n) is 4.54. The number of aryl methyl sites for hydroxylation is 1. The van der Waals surface area contributed by atoms with E-state index in [0.29, 0.717) is 30.7 Å². The molecule has 1 atom stereocenters. The fourth-order valence-corrected chi connectivity index (χ4v) is 4.54. The van der Waals surface area contributed by atoms with Crippen molar-refractivity contribution in [1.82, 2.24) is 15.5 Å². The second-order valence-corrected chi connectivity index (χ2v) is 8.83. The van der Waals surface area contributed by atoms with Gasteiger partial charge in [-0.05, 0) is 57.8 Å². The van der Waals surface area contributed by atoms with Gasteiger partial charge in [-0.2, -0.15) is 4.99 Å². The number of aliphatic imine (C=N–C) groups is 2. The Morgan fingerprint density at radius 3 is 2.52 bits per heavy atom. The van der Waals surface area contributed by atoms with Crippen LogP contribution in [0.3, 0.4) is 0 Å². The molecular formula is C24H41N7. The average molecular weight is 428 g/mol. The normalized spacial score (nSPS) is 21.8. The Morgan fingerprint density at radius 1 is 1.06 bits per heavy atom. The minimum Gasteiger partial charge on any atom is -0.369 e. The van der Waals surface area contributed by atoms with Gasteiger partial charge >= 0.3 is 0 Å². The molecule has 1 heterocycles. The van der Waals surface area contributed by atoms with Gasteiger partial charge in [-0.15, -0.1) is 0 Å². The molecule has 5 N–H and O–H groups in total. The summed E-state index contributed by atoms with van der Waals surface area (Å²) in [6, 6.07) is 9.22. The molecule has 1 aliphatic heterocycles. The van der Waals surface area contributed by atoms with Gasteiger partial charge in [0.1, 0.15) is 0 Å². The summed E-state index contributed by atoms with van der Waals surface area (Å²) in [4.78, 5) is 11.8. The number of likely N-dealkylation sites (tertiary alicyclic amines) is 1. The first-order valence-electron chi connectivity index (χ1n) is 12.1. The van der Waals surface area contributed by atoms with Gasteiger partial charge in [0.25, 0.3) is 0 Å². The molecule has 3 rings (SSSR count). The molecule has 1 saturated heterocycles. The van der Waals surface area contributed by atoms with Crippen LogP contribution < -0.4 is 21.7 Å². The molecule has 0 aromatic heterocycles. The SMILES string of the molecule is CCN1CCCC1CNC(=N/CNC1CCCCCC1)/N=C(\N)Nc1ccc(C)cc1. The van der Waals surface area contributed by atoms with Crippen LogP contribution >= 0.6 is 0 Å². The highest BCUT2D eigenvalue weighted by atomic mass is 15.2. The van der Waals surface area contributed by atoms with Gasteiger partial charge in [0.05, 0.1) is 6.67 Å². The summed E-state index contributed by atoms with van der Waals surface area (Å²) in [5.41, 5.74) is 8.35. The summed E-state index contributed by atoms with van der Waals surface area (Å²) in [7, 11) is 0. The Hall–Kier alpha value is -2.12. The Kier molecular flexibility index (Phi) is 9.62. The van der Waals surface area contributed by atoms with Crippen LogP contribution in [0.2, 0.25) is 0 Å². The predicted molar refractivity (Wildman–Crippen MR) is 132 cm³/mol. The van der Waals surface area contributed by atoms with Crippen molar-refractivity contribution in [2.45, 2.75) is 77.3 Å². The Morgan fingerprint density at radius 2 is 1.81 bits per heavy atom. The standard InChI is InChI=1S/C24H41N7/c1-3-31-16-8-11-22(31)17-26-24(28-18-27-20-9-6-4-5-7-10-20)30-23(25)29-21-14-12-19(2)13-15-21/h12-15,20,22,27H,3-11,16-18H2,1-2H3,(H4,25,26,28,29,30). The van der Waals surface area contributed by atoms with Crippen molar-refractivity contribution >= 4 is 17.6 Å². The summed E-state index contributed by atoms with van der Waals surface area (Å²) >= 11 is 0. The van der Waals surface area contributed by atoms with Gasteiger partial charge in [-0.3, -0.25) is 10.2 Å². The van der Waals surface area contributed by atoms with Crippen LogP contribution in [0.15, 0.2) is 34.3 Å². The van der Waals surface area contributed by atoms with Crippen LogP contribution in [0.5, 0.6) is 0 Å². The third-order valence-electron chi connectivity index (χ3n) is 6.42. The summed E-state index contributed by atoms with van der Waals surface area (Å²) in [6.07, 6.45) is 10.3. The molecule has 1 aliphatic carbocycles. The Labute approximate surface area is 188 Å². The molecule has 1 saturated carbocycles. The third-order valence-corrected chi connectivity index (χ3v) is 6.42. The maximum atomic E-state index is 6.20. The second kappa shape index (κ2) is 12.7. The third kappa shape index (κ3) is 8.15. The van der Waals surface area contributed by atoms with Crippen molar-refractivity contribution in [2.75, 3.05) is 31.6 Å². The number of hydrogen-bond acceptors (Lipinski definition) is 3. The van der Waals surface area contributed by atoms with Crippen LogP contribution in [-0.2, 0) is 0 Å². The molecule has 1 aromatic rings. The van der Waals surface area contributed by atoms with Crippen molar-refractivity contribution in [3.63, 3.8) is 0 Å². The van der Waals surface area contributed by atoms with Gasteiger partial charge in [0.2, 0.25) is 11.9 Å². The van der Waals surface area contributed by atoms with Crippen LogP contribution in [0.1, 0.15) is 63.9 Å². The zero-order valence-corrected chi connectivity index (χ0v) is 19.4. The van der Waals surface area contributed by atoms with Crippen LogP contribution in [0.4, 0.5) is 5.69 Å². The van der Waals surface area contributed by atoms with Crippen molar-refractivity contribution in [3.8, 4) is 0 Å². The number of nitrogens with zero attached hydrogens (tertiary/aromatic N) is 3. The average Bonchev–Trinajstić information content (AvgIpc) is 3.07. The smallest absolute Gasteiger partial charge is 0.222 e. The highest BCUT2D eigenvalue weighted by molar-refractivity contribution is 6.01. The molecule has 2 fully saturated rings. The molecule has 0 amide bonds. The highest BCUT2D eigenvalue weighted by Crippen LogP contribution is 2.17. The van der Waals surface area contributed by atoms with E-state index < -0.39 is 0 Å². The van der Waals surface area contributed by atoms with Gasteiger partial charge in [0, 0.05) is 24.3 Å². The lowest BCUT2D eigenvalue weighted by molar-refractivity contribution is 0.267. The predicted octanol–water partition coefficient (Wildman–Crippen LogP) is 3.42. The van der Waals surface area contributed by atoms with E-state index in [1.165, 1.54) is 63.5 Å². The van der Waals surface area contributed by atoms with Crippen LogP contribution in [-0.4, -0.2) is 55.2 Å². The highest BCUT2D eigenvalue weighted by Gasteiger charge is 2.22. The van der Waals surface area contributed by atoms with Crippen molar-refractivity contribution < 1.29 is 0 Å². The molecule has 7 nitrogen and oxygen atoms in total. The van der Waals surface area contributed by atoms with Crippen molar-refractivity contribution in [3.05, 3.63) is 29.8 Å². The van der Waals surface area contributed by atoms with E-state index in [4.69, 9.17) is 10.7 Å². The molecule has 2 aliphatic rings. The first kappa shape index (κ1) is 23.5. The number of nitrogens with two attached hydrogens (primary N) is 1. The number of benzene rings is 1. The molecule has 172 valence electrons. The van der Waals surface area contributed by atoms with E-state index >= 15 is 0 Å². The number of hydrogen-bond donors (Lipinski definition) is 4. The van der Waals surface area contributed by atoms with E-state index in [9.17, 15) is 0 Å². The topological polar surface area (TPSA) is 90.1 Å². The molecule has 1 aromatic carbocycles. The van der Waals surface area contributed by atoms with Crippen LogP contribution in [0.25, 0.3) is 0 Å². The number of anilines is 1. The molecule has 31 heavy (non-hydrogen) atoms. The van der Waals surface area contributed by atoms with Gasteiger partial charge in [0.15, 0.2) is 0 Å². The zero-order valence-electron chi connectivity index (χ0n) is 19.4. The van der Waals surface area contributed by atoms with E-state index in [1.54, 1.807) is 0 Å². The van der Waals surface area contributed by atoms with E-state index in [2.05, 4.69) is 51.8 Å². The van der Waals surface area contributed by atoms with Gasteiger partial charge in [-0.25, -0.2) is 4.99 Å². The van der Waals surface area contributed by atoms with E-state index in [-0.39, 0.29) is 0 Å². The largest absolute Gasteiger partial charge is 0.369 e. The molecular weight excluding hydrogens is 386 g/mol. The molecule has 0 spiro atoms. The number of rotatable bonds is 7. The molecule has 7 heteroatoms. The summed E-state index contributed by atoms with van der Waals surface area (Å²) < 4.78 is 0. The first-order valence-corrected chi connectivity index (χ1v) is 12.1. The molecule has 0 radical (unpaired) electrons. The zero-order chi connectivity index (χ0) is 21.9. The van der Waals surface area contributed by atoms with Gasteiger partial charge in [-0.1, -0.05) is 50.3 Å². The Balaban J connectivity index is 1.61. The fraction of sp³-hybridized carbons (Fsp3) is 0.667. The van der Waals surface area contributed by atoms with Crippen molar-refractivity contribution in [1.29, 1.82) is 0 Å². The minimum atomic E-state index is 0.350. The maximum Gasteiger partial charge on any atom is 0.222 e. The molecule has 1 unspecified atom stereocenters. The summed E-state index contributed by atoms with van der Waals surface area (Å²) in [5, 5.41) is 10.2. The first-order chi connectivity index (χ1) is 15.1. The number of likely N-dealkylation sites (N-methyl/N-ethyl adjacent to an activating group) is 1. The Bertz CT molecular complexity index is 705. The molecule has 0 bridgehead atoms. The monoisotopic (exact) mass is 427 g/mol. The minimum absolute atomic E-state index is 0.350. The summed E-state index contributed by atoms with van der Waals surface area (Å²) in [6.45, 7) is 7.97. The number of nitrogens with one attached hydrogen (secondary N) is 3. The summed E-state index contributed by atoms with van der Waals surface area (Å²) in [5.74, 6) is 0.949. The van der Waals surface area contributed by atoms with E-state index in [1.807, 2.05) is 12.1 Å². The van der Waals surface area contributed by atoms with Crippen molar-refractivity contribution in [2.24, 2.45) is 15.7 Å². The lowest BCUT2D eigenvalue weighted by Gasteiger charge is -2.23. The van der Waals surface area contributed by atoms with Crippen LogP contribution in [0, 0.1) is 6.92 Å². The van der Waals surface area contributed by atoms with Gasteiger partial charge < -0.3 is 16.4 Å². The second-order valence-electron chi connectivity index (χ2n) is 8.83. The lowest BCUT2D eigenvalue weighted by Crippen LogP contribution is -2.41. The quantitative estimate of drug-likeness (QED) is 0.304. The number of guanidine groups is 2.